The summed E-state index contributed by atoms with van der Waals surface area (Å²) < 4.78 is 7.19. The topological polar surface area (TPSA) is 81.9 Å². The molecule has 0 fully saturated rings. The largest absolute Gasteiger partial charge is 0.492 e. The zero-order valence-electron chi connectivity index (χ0n) is 14.3. The molecule has 27 heavy (non-hydrogen) atoms. The predicted molar refractivity (Wildman–Crippen MR) is 101 cm³/mol. The summed E-state index contributed by atoms with van der Waals surface area (Å²) in [5.41, 5.74) is 3.08. The number of halogens is 2. The number of hydrogen-bond acceptors (Lipinski definition) is 5. The second-order valence-corrected chi connectivity index (χ2v) is 6.98. The Kier molecular flexibility index (Phi) is 4.72. The summed E-state index contributed by atoms with van der Waals surface area (Å²) in [6.45, 7) is 2.36. The molecule has 0 aliphatic carbocycles. The Morgan fingerprint density at radius 3 is 2.89 bits per heavy atom. The number of nitrogens with one attached hydrogen (secondary N) is 1. The molecule has 1 amide bonds. The molecule has 2 heterocycles. The van der Waals surface area contributed by atoms with E-state index < -0.39 is 0 Å². The van der Waals surface area contributed by atoms with Crippen LogP contribution in [0, 0.1) is 6.92 Å². The van der Waals surface area contributed by atoms with Crippen LogP contribution in [0.2, 0.25) is 10.0 Å². The highest BCUT2D eigenvalue weighted by Crippen LogP contribution is 2.41. The molecule has 4 rings (SSSR count). The van der Waals surface area contributed by atoms with Crippen LogP contribution in [0.5, 0.6) is 5.75 Å². The molecule has 3 aromatic rings. The van der Waals surface area contributed by atoms with Crippen molar-refractivity contribution in [3.8, 4) is 11.4 Å². The molecule has 9 heteroatoms. The van der Waals surface area contributed by atoms with E-state index >= 15 is 0 Å². The van der Waals surface area contributed by atoms with Gasteiger partial charge in [-0.1, -0.05) is 29.3 Å². The van der Waals surface area contributed by atoms with Crippen molar-refractivity contribution in [3.63, 3.8) is 0 Å². The molecule has 1 atom stereocenters. The van der Waals surface area contributed by atoms with Crippen LogP contribution in [0.25, 0.3) is 5.69 Å². The molecule has 0 bridgehead atoms. The molecule has 1 N–H and O–H groups in total. The van der Waals surface area contributed by atoms with Gasteiger partial charge in [-0.15, -0.1) is 5.10 Å². The monoisotopic (exact) mass is 403 g/mol. The Hall–Kier alpha value is -2.64. The fourth-order valence-electron chi connectivity index (χ4n) is 3.12. The van der Waals surface area contributed by atoms with E-state index in [-0.39, 0.29) is 11.9 Å². The third-order valence-corrected chi connectivity index (χ3v) is 5.26. The summed E-state index contributed by atoms with van der Waals surface area (Å²) in [4.78, 5) is 12.8. The highest BCUT2D eigenvalue weighted by atomic mass is 35.5. The summed E-state index contributed by atoms with van der Waals surface area (Å²) in [6, 6.07) is 8.71. The maximum atomic E-state index is 12.8. The zero-order valence-corrected chi connectivity index (χ0v) is 15.8. The average Bonchev–Trinajstić information content (AvgIpc) is 3.19. The second kappa shape index (κ2) is 7.17. The maximum absolute atomic E-state index is 12.8. The van der Waals surface area contributed by atoms with E-state index in [1.807, 2.05) is 19.1 Å². The third-order valence-electron chi connectivity index (χ3n) is 4.47. The highest BCUT2D eigenvalue weighted by Gasteiger charge is 2.26. The van der Waals surface area contributed by atoms with Crippen LogP contribution < -0.4 is 10.1 Å². The molecule has 1 unspecified atom stereocenters. The maximum Gasteiger partial charge on any atom is 0.251 e. The molecule has 1 aliphatic rings. The van der Waals surface area contributed by atoms with E-state index in [1.165, 1.54) is 6.33 Å². The lowest BCUT2D eigenvalue weighted by Crippen LogP contribution is -2.32. The number of rotatable bonds is 3. The van der Waals surface area contributed by atoms with Crippen molar-refractivity contribution in [3.05, 3.63) is 63.4 Å². The van der Waals surface area contributed by atoms with E-state index in [0.717, 1.165) is 16.8 Å². The van der Waals surface area contributed by atoms with Gasteiger partial charge in [0.25, 0.3) is 5.91 Å². The number of nitrogens with zero attached hydrogens (tertiary/aromatic N) is 4. The number of tetrazole rings is 1. The number of amides is 1. The lowest BCUT2D eigenvalue weighted by molar-refractivity contribution is 0.0924. The number of hydrogen-bond donors (Lipinski definition) is 1. The van der Waals surface area contributed by atoms with Gasteiger partial charge in [0.15, 0.2) is 0 Å². The van der Waals surface area contributed by atoms with Gasteiger partial charge in [0.2, 0.25) is 0 Å². The van der Waals surface area contributed by atoms with E-state index in [0.29, 0.717) is 34.4 Å². The summed E-state index contributed by atoms with van der Waals surface area (Å²) in [5.74, 6) is 0.358. The quantitative estimate of drug-likeness (QED) is 0.722. The van der Waals surface area contributed by atoms with Gasteiger partial charge < -0.3 is 10.1 Å². The number of carbonyl (C=O) groups excluding carboxylic acids is 1. The van der Waals surface area contributed by atoms with Crippen LogP contribution in [0.15, 0.2) is 36.7 Å². The smallest absolute Gasteiger partial charge is 0.251 e. The van der Waals surface area contributed by atoms with E-state index in [4.69, 9.17) is 27.9 Å². The van der Waals surface area contributed by atoms with Crippen molar-refractivity contribution in [2.75, 3.05) is 6.61 Å². The molecular formula is C18H15Cl2N5O2. The molecule has 0 saturated heterocycles. The number of benzene rings is 2. The molecular weight excluding hydrogens is 389 g/mol. The molecule has 7 nitrogen and oxygen atoms in total. The van der Waals surface area contributed by atoms with Gasteiger partial charge in [-0.2, -0.15) is 0 Å². The fraction of sp³-hybridized carbons (Fsp3) is 0.222. The predicted octanol–water partition coefficient (Wildman–Crippen LogP) is 3.53. The van der Waals surface area contributed by atoms with Crippen LogP contribution in [-0.4, -0.2) is 32.7 Å². The van der Waals surface area contributed by atoms with Crippen molar-refractivity contribution in [1.29, 1.82) is 0 Å². The number of carbonyl (C=O) groups is 1. The standard InChI is InChI=1S/C18H15Cl2N5O2/c1-10-8-11(2-5-15(10)25-9-21-23-24-25)18(26)22-14-6-7-27-17-12(14)3-4-13(19)16(17)20/h2-5,8-9,14H,6-7H2,1H3,(H,22,26). The lowest BCUT2D eigenvalue weighted by atomic mass is 9.99. The van der Waals surface area contributed by atoms with Crippen LogP contribution >= 0.6 is 23.2 Å². The summed E-state index contributed by atoms with van der Waals surface area (Å²) in [5, 5.41) is 15.0. The third kappa shape index (κ3) is 3.36. The highest BCUT2D eigenvalue weighted by molar-refractivity contribution is 6.43. The molecule has 1 aromatic heterocycles. The Morgan fingerprint density at radius 2 is 2.15 bits per heavy atom. The number of fused-ring (bicyclic) bond motifs is 1. The van der Waals surface area contributed by atoms with Gasteiger partial charge in [0.05, 0.1) is 23.4 Å². The SMILES string of the molecule is Cc1cc(C(=O)NC2CCOc3c2ccc(Cl)c3Cl)ccc1-n1cnnn1. The van der Waals surface area contributed by atoms with Gasteiger partial charge in [-0.05, 0) is 47.2 Å². The summed E-state index contributed by atoms with van der Waals surface area (Å²) >= 11 is 12.3. The van der Waals surface area contributed by atoms with Crippen molar-refractivity contribution >= 4 is 29.1 Å². The second-order valence-electron chi connectivity index (χ2n) is 6.20. The minimum atomic E-state index is -0.199. The Bertz CT molecular complexity index is 1010. The van der Waals surface area contributed by atoms with Crippen LogP contribution in [0.4, 0.5) is 0 Å². The van der Waals surface area contributed by atoms with Crippen LogP contribution in [-0.2, 0) is 0 Å². The lowest BCUT2D eigenvalue weighted by Gasteiger charge is -2.27. The molecule has 2 aromatic carbocycles. The first-order chi connectivity index (χ1) is 13.0. The normalized spacial score (nSPS) is 15.7. The van der Waals surface area contributed by atoms with Crippen molar-refractivity contribution < 1.29 is 9.53 Å². The van der Waals surface area contributed by atoms with Gasteiger partial charge in [0.1, 0.15) is 17.1 Å². The summed E-state index contributed by atoms with van der Waals surface area (Å²) in [7, 11) is 0. The fourth-order valence-corrected chi connectivity index (χ4v) is 3.49. The molecule has 0 spiro atoms. The first-order valence-electron chi connectivity index (χ1n) is 8.30. The Labute approximate surface area is 165 Å². The van der Waals surface area contributed by atoms with Gasteiger partial charge in [-0.25, -0.2) is 4.68 Å². The molecule has 0 saturated carbocycles. The van der Waals surface area contributed by atoms with E-state index in [9.17, 15) is 4.79 Å². The van der Waals surface area contributed by atoms with Crippen molar-refractivity contribution in [2.24, 2.45) is 0 Å². The minimum Gasteiger partial charge on any atom is -0.492 e. The summed E-state index contributed by atoms with van der Waals surface area (Å²) in [6.07, 6.45) is 2.16. The molecule has 1 aliphatic heterocycles. The Balaban J connectivity index is 1.57. The number of aryl methyl sites for hydroxylation is 1. The first-order valence-corrected chi connectivity index (χ1v) is 9.06. The van der Waals surface area contributed by atoms with Gasteiger partial charge >= 0.3 is 0 Å². The van der Waals surface area contributed by atoms with Gasteiger partial charge in [-0.3, -0.25) is 4.79 Å². The van der Waals surface area contributed by atoms with Gasteiger partial charge in [0, 0.05) is 17.5 Å². The first kappa shape index (κ1) is 17.8. The van der Waals surface area contributed by atoms with E-state index in [2.05, 4.69) is 20.8 Å². The van der Waals surface area contributed by atoms with Crippen LogP contribution in [0.3, 0.4) is 0 Å². The number of ether oxygens (including phenoxy) is 1. The van der Waals surface area contributed by atoms with E-state index in [1.54, 1.807) is 22.9 Å². The Morgan fingerprint density at radius 1 is 1.30 bits per heavy atom. The minimum absolute atomic E-state index is 0.176. The number of aromatic nitrogens is 4. The van der Waals surface area contributed by atoms with Crippen LogP contribution in [0.1, 0.15) is 33.9 Å². The molecule has 0 radical (unpaired) electrons. The average molecular weight is 404 g/mol. The molecule has 138 valence electrons. The zero-order chi connectivity index (χ0) is 19.0. The van der Waals surface area contributed by atoms with Crippen molar-refractivity contribution in [2.45, 2.75) is 19.4 Å². The van der Waals surface area contributed by atoms with Crippen molar-refractivity contribution in [1.82, 2.24) is 25.5 Å².